The number of quaternary nitrogens is 1. The maximum absolute atomic E-state index is 10.0. The van der Waals surface area contributed by atoms with Crippen LogP contribution in [0.25, 0.3) is 0 Å². The Morgan fingerprint density at radius 3 is 2.27 bits per heavy atom. The van der Waals surface area contributed by atoms with Crippen molar-refractivity contribution in [2.45, 2.75) is 32.8 Å². The molecule has 5 nitrogen and oxygen atoms in total. The summed E-state index contributed by atoms with van der Waals surface area (Å²) >= 11 is 0. The monoisotopic (exact) mass is 312 g/mol. The van der Waals surface area contributed by atoms with Gasteiger partial charge in [-0.05, 0) is 36.1 Å². The maximum atomic E-state index is 10.0. The fraction of sp³-hybridized carbons (Fsp3) is 0.647. The largest absolute Gasteiger partial charge is 0.491 e. The van der Waals surface area contributed by atoms with Crippen LogP contribution in [0.4, 0.5) is 0 Å². The summed E-state index contributed by atoms with van der Waals surface area (Å²) in [5.74, 6) is 1.24. The lowest BCUT2D eigenvalue weighted by atomic mass is 9.98. The SMILES string of the molecule is Cc1cc(OC[C@H](O)C[NH+](CCO)CCO)ccc1C(C)C. The number of benzene rings is 1. The van der Waals surface area contributed by atoms with E-state index in [2.05, 4.69) is 26.8 Å². The molecule has 0 saturated heterocycles. The van der Waals surface area contributed by atoms with Crippen LogP contribution >= 0.6 is 0 Å². The Labute approximate surface area is 133 Å². The normalized spacial score (nSPS) is 12.9. The summed E-state index contributed by atoms with van der Waals surface area (Å²) < 4.78 is 5.65. The number of rotatable bonds is 10. The number of hydrogen-bond donors (Lipinski definition) is 4. The summed E-state index contributed by atoms with van der Waals surface area (Å²) in [6.45, 7) is 8.15. The summed E-state index contributed by atoms with van der Waals surface area (Å²) in [6, 6.07) is 5.99. The van der Waals surface area contributed by atoms with Crippen molar-refractivity contribution >= 4 is 0 Å². The third-order valence-electron chi connectivity index (χ3n) is 3.76. The molecule has 22 heavy (non-hydrogen) atoms. The van der Waals surface area contributed by atoms with E-state index in [-0.39, 0.29) is 19.8 Å². The van der Waals surface area contributed by atoms with Crippen molar-refractivity contribution < 1.29 is 25.0 Å². The molecule has 1 aromatic carbocycles. The van der Waals surface area contributed by atoms with Crippen LogP contribution in [0.2, 0.25) is 0 Å². The molecule has 0 bridgehead atoms. The van der Waals surface area contributed by atoms with Crippen molar-refractivity contribution in [2.75, 3.05) is 39.5 Å². The van der Waals surface area contributed by atoms with Gasteiger partial charge in [-0.1, -0.05) is 19.9 Å². The predicted octanol–water partition coefficient (Wildman–Crippen LogP) is -0.272. The smallest absolute Gasteiger partial charge is 0.137 e. The molecule has 0 aromatic heterocycles. The highest BCUT2D eigenvalue weighted by Gasteiger charge is 2.15. The standard InChI is InChI=1S/C17H29NO4/c1-13(2)17-5-4-16(10-14(17)3)22-12-15(21)11-18(6-8-19)7-9-20/h4-5,10,13,15,19-21H,6-9,11-12H2,1-3H3/p+1/t15-/m1/s1. The second-order valence-electron chi connectivity index (χ2n) is 6.04. The molecule has 0 unspecified atom stereocenters. The third kappa shape index (κ3) is 6.32. The number of aryl methyl sites for hydroxylation is 1. The molecule has 4 N–H and O–H groups in total. The topological polar surface area (TPSA) is 74.4 Å². The van der Waals surface area contributed by atoms with E-state index in [9.17, 15) is 5.11 Å². The lowest BCUT2D eigenvalue weighted by molar-refractivity contribution is -0.903. The molecule has 126 valence electrons. The van der Waals surface area contributed by atoms with Gasteiger partial charge in [0.2, 0.25) is 0 Å². The molecule has 0 heterocycles. The van der Waals surface area contributed by atoms with Gasteiger partial charge in [-0.2, -0.15) is 0 Å². The molecule has 0 aliphatic rings. The maximum Gasteiger partial charge on any atom is 0.137 e. The summed E-state index contributed by atoms with van der Waals surface area (Å²) in [6.07, 6.45) is -0.627. The Bertz CT molecular complexity index is 431. The van der Waals surface area contributed by atoms with Crippen molar-refractivity contribution in [1.29, 1.82) is 0 Å². The van der Waals surface area contributed by atoms with Crippen LogP contribution in [0, 0.1) is 6.92 Å². The second-order valence-corrected chi connectivity index (χ2v) is 6.04. The van der Waals surface area contributed by atoms with Gasteiger partial charge < -0.3 is 25.0 Å². The van der Waals surface area contributed by atoms with Crippen molar-refractivity contribution in [1.82, 2.24) is 0 Å². The molecular weight excluding hydrogens is 282 g/mol. The van der Waals surface area contributed by atoms with Crippen LogP contribution in [-0.4, -0.2) is 60.9 Å². The van der Waals surface area contributed by atoms with Crippen LogP contribution in [-0.2, 0) is 0 Å². The molecule has 5 heteroatoms. The van der Waals surface area contributed by atoms with Gasteiger partial charge in [0.1, 0.15) is 38.1 Å². The molecule has 0 aliphatic carbocycles. The number of aliphatic hydroxyl groups is 3. The summed E-state index contributed by atoms with van der Waals surface area (Å²) in [4.78, 5) is 0.965. The van der Waals surface area contributed by atoms with Gasteiger partial charge in [0.25, 0.3) is 0 Å². The van der Waals surface area contributed by atoms with Gasteiger partial charge in [-0.15, -0.1) is 0 Å². The van der Waals surface area contributed by atoms with Gasteiger partial charge >= 0.3 is 0 Å². The van der Waals surface area contributed by atoms with E-state index in [0.29, 0.717) is 25.6 Å². The highest BCUT2D eigenvalue weighted by Crippen LogP contribution is 2.23. The first-order valence-corrected chi connectivity index (χ1v) is 7.94. The van der Waals surface area contributed by atoms with E-state index in [1.165, 1.54) is 11.1 Å². The molecule has 1 aromatic rings. The first kappa shape index (κ1) is 18.9. The zero-order valence-electron chi connectivity index (χ0n) is 13.9. The molecule has 0 radical (unpaired) electrons. The number of nitrogens with one attached hydrogen (secondary N) is 1. The van der Waals surface area contributed by atoms with Crippen LogP contribution in [0.15, 0.2) is 18.2 Å². The minimum Gasteiger partial charge on any atom is -0.491 e. The molecule has 0 amide bonds. The Morgan fingerprint density at radius 2 is 1.77 bits per heavy atom. The van der Waals surface area contributed by atoms with E-state index in [0.717, 1.165) is 10.6 Å². The second kappa shape index (κ2) is 9.79. The molecule has 0 saturated carbocycles. The molecule has 0 fully saturated rings. The van der Waals surface area contributed by atoms with Gasteiger partial charge in [-0.25, -0.2) is 0 Å². The zero-order chi connectivity index (χ0) is 16.5. The van der Waals surface area contributed by atoms with E-state index >= 15 is 0 Å². The fourth-order valence-corrected chi connectivity index (χ4v) is 2.62. The van der Waals surface area contributed by atoms with Gasteiger partial charge in [0.15, 0.2) is 0 Å². The Balaban J connectivity index is 2.49. The van der Waals surface area contributed by atoms with Crippen LogP contribution in [0.1, 0.15) is 30.9 Å². The summed E-state index contributed by atoms with van der Waals surface area (Å²) in [5, 5.41) is 28.0. The third-order valence-corrected chi connectivity index (χ3v) is 3.76. The van der Waals surface area contributed by atoms with Crippen LogP contribution < -0.4 is 9.64 Å². The Morgan fingerprint density at radius 1 is 1.14 bits per heavy atom. The quantitative estimate of drug-likeness (QED) is 0.480. The fourth-order valence-electron chi connectivity index (χ4n) is 2.62. The number of ether oxygens (including phenoxy) is 1. The van der Waals surface area contributed by atoms with Crippen molar-refractivity contribution in [2.24, 2.45) is 0 Å². The molecular formula is C17H30NO4+. The minimum atomic E-state index is -0.627. The average molecular weight is 312 g/mol. The predicted molar refractivity (Wildman–Crippen MR) is 86.5 cm³/mol. The number of aliphatic hydroxyl groups excluding tert-OH is 3. The average Bonchev–Trinajstić information content (AvgIpc) is 2.45. The van der Waals surface area contributed by atoms with Crippen LogP contribution in [0.5, 0.6) is 5.75 Å². The zero-order valence-corrected chi connectivity index (χ0v) is 13.9. The molecule has 1 atom stereocenters. The van der Waals surface area contributed by atoms with E-state index < -0.39 is 6.10 Å². The lowest BCUT2D eigenvalue weighted by Crippen LogP contribution is -3.14. The van der Waals surface area contributed by atoms with E-state index in [4.69, 9.17) is 14.9 Å². The van der Waals surface area contributed by atoms with E-state index in [1.807, 2.05) is 12.1 Å². The van der Waals surface area contributed by atoms with Gasteiger partial charge in [-0.3, -0.25) is 0 Å². The number of hydrogen-bond acceptors (Lipinski definition) is 4. The van der Waals surface area contributed by atoms with Gasteiger partial charge in [0, 0.05) is 0 Å². The Hall–Kier alpha value is -1.14. The molecule has 1 rings (SSSR count). The van der Waals surface area contributed by atoms with Crippen LogP contribution in [0.3, 0.4) is 0 Å². The van der Waals surface area contributed by atoms with E-state index in [1.54, 1.807) is 0 Å². The minimum absolute atomic E-state index is 0.0404. The summed E-state index contributed by atoms with van der Waals surface area (Å²) in [7, 11) is 0. The summed E-state index contributed by atoms with van der Waals surface area (Å²) in [5.41, 5.74) is 2.49. The highest BCUT2D eigenvalue weighted by molar-refractivity contribution is 5.36. The Kier molecular flexibility index (Phi) is 8.42. The van der Waals surface area contributed by atoms with Crippen molar-refractivity contribution in [3.63, 3.8) is 0 Å². The van der Waals surface area contributed by atoms with Crippen molar-refractivity contribution in [3.8, 4) is 5.75 Å². The van der Waals surface area contributed by atoms with Crippen molar-refractivity contribution in [3.05, 3.63) is 29.3 Å². The molecule has 0 spiro atoms. The van der Waals surface area contributed by atoms with Gasteiger partial charge in [0.05, 0.1) is 13.2 Å². The first-order chi connectivity index (χ1) is 10.5. The highest BCUT2D eigenvalue weighted by atomic mass is 16.5. The lowest BCUT2D eigenvalue weighted by Gasteiger charge is -2.21. The molecule has 0 aliphatic heterocycles. The first-order valence-electron chi connectivity index (χ1n) is 7.94.